The topological polar surface area (TPSA) is 89.4 Å². The molecule has 1 amide bonds. The molecule has 40 heavy (non-hydrogen) atoms. The quantitative estimate of drug-likeness (QED) is 0.330. The first-order valence-electron chi connectivity index (χ1n) is 14.4. The highest BCUT2D eigenvalue weighted by molar-refractivity contribution is 7.89. The molecule has 0 atom stereocenters. The number of aromatic nitrogens is 1. The van der Waals surface area contributed by atoms with Crippen molar-refractivity contribution in [3.05, 3.63) is 53.2 Å². The van der Waals surface area contributed by atoms with Gasteiger partial charge in [0.15, 0.2) is 0 Å². The molecular formula is C31H40ClN3O4S. The zero-order valence-electron chi connectivity index (χ0n) is 23.6. The molecule has 1 aliphatic heterocycles. The summed E-state index contributed by atoms with van der Waals surface area (Å²) in [6, 6.07) is 13.0. The third-order valence-electron chi connectivity index (χ3n) is 7.89. The van der Waals surface area contributed by atoms with E-state index in [0.29, 0.717) is 35.2 Å². The normalized spacial score (nSPS) is 17.8. The predicted octanol–water partition coefficient (Wildman–Crippen LogP) is 6.53. The summed E-state index contributed by atoms with van der Waals surface area (Å²) in [5.74, 6) is 0.295. The standard InChI is InChI=1S/C31H40ClN3O4S/c1-31(2,3)34-40(37,38)28-14-13-24(23-11-7-8-12-25(23)28)27-19-26(30(36)33-22-15-17-39-18-16-22)29(32)35(27)20-21-9-5-4-6-10-21/h7-8,11-14,19,21-22,34H,4-6,9-10,15-18,20H2,1-3H3,(H,33,36). The van der Waals surface area contributed by atoms with Crippen molar-refractivity contribution in [1.29, 1.82) is 0 Å². The molecule has 9 heteroatoms. The summed E-state index contributed by atoms with van der Waals surface area (Å²) >= 11 is 7.01. The minimum Gasteiger partial charge on any atom is -0.381 e. The number of fused-ring (bicyclic) bond motifs is 1. The van der Waals surface area contributed by atoms with E-state index in [4.69, 9.17) is 16.3 Å². The highest BCUT2D eigenvalue weighted by atomic mass is 35.5. The molecule has 216 valence electrons. The summed E-state index contributed by atoms with van der Waals surface area (Å²) in [5.41, 5.74) is 1.52. The molecule has 5 rings (SSSR count). The molecule has 0 radical (unpaired) electrons. The summed E-state index contributed by atoms with van der Waals surface area (Å²) in [4.78, 5) is 13.7. The van der Waals surface area contributed by atoms with Gasteiger partial charge >= 0.3 is 0 Å². The molecule has 2 aliphatic rings. The summed E-state index contributed by atoms with van der Waals surface area (Å²) in [5, 5.41) is 5.02. The Morgan fingerprint density at radius 3 is 2.35 bits per heavy atom. The van der Waals surface area contributed by atoms with Gasteiger partial charge in [0.05, 0.1) is 16.2 Å². The van der Waals surface area contributed by atoms with Gasteiger partial charge in [0.2, 0.25) is 10.0 Å². The van der Waals surface area contributed by atoms with E-state index in [0.717, 1.165) is 48.9 Å². The van der Waals surface area contributed by atoms with E-state index < -0.39 is 15.6 Å². The van der Waals surface area contributed by atoms with Gasteiger partial charge in [0.1, 0.15) is 5.15 Å². The van der Waals surface area contributed by atoms with Crippen molar-refractivity contribution in [3.8, 4) is 11.3 Å². The van der Waals surface area contributed by atoms with Crippen LogP contribution in [-0.2, 0) is 21.3 Å². The summed E-state index contributed by atoms with van der Waals surface area (Å²) in [6.07, 6.45) is 7.48. The Morgan fingerprint density at radius 1 is 1.00 bits per heavy atom. The SMILES string of the molecule is CC(C)(C)NS(=O)(=O)c1ccc(-c2cc(C(=O)NC3CCOCC3)c(Cl)n2CC2CCCCC2)c2ccccc12. The van der Waals surface area contributed by atoms with Gasteiger partial charge in [-0.05, 0) is 69.9 Å². The smallest absolute Gasteiger partial charge is 0.254 e. The van der Waals surface area contributed by atoms with E-state index in [1.807, 2.05) is 57.2 Å². The molecule has 2 heterocycles. The summed E-state index contributed by atoms with van der Waals surface area (Å²) < 4.78 is 37.1. The lowest BCUT2D eigenvalue weighted by Gasteiger charge is -2.24. The molecule has 2 N–H and O–H groups in total. The number of ether oxygens (including phenoxy) is 1. The Kier molecular flexibility index (Phi) is 8.62. The number of carbonyl (C=O) groups is 1. The van der Waals surface area contributed by atoms with Gasteiger partial charge < -0.3 is 14.6 Å². The highest BCUT2D eigenvalue weighted by Crippen LogP contribution is 2.38. The van der Waals surface area contributed by atoms with Crippen LogP contribution in [0.3, 0.4) is 0 Å². The second kappa shape index (κ2) is 11.8. The van der Waals surface area contributed by atoms with Crippen molar-refractivity contribution < 1.29 is 17.9 Å². The first-order chi connectivity index (χ1) is 19.0. The Labute approximate surface area is 242 Å². The molecule has 3 aromatic rings. The van der Waals surface area contributed by atoms with Crippen molar-refractivity contribution in [2.75, 3.05) is 13.2 Å². The minimum atomic E-state index is -3.77. The van der Waals surface area contributed by atoms with Crippen molar-refractivity contribution in [2.45, 2.75) is 88.7 Å². The van der Waals surface area contributed by atoms with E-state index in [9.17, 15) is 13.2 Å². The number of hydrogen-bond acceptors (Lipinski definition) is 4. The average molecular weight is 586 g/mol. The maximum absolute atomic E-state index is 13.5. The van der Waals surface area contributed by atoms with Crippen molar-refractivity contribution in [2.24, 2.45) is 5.92 Å². The second-order valence-corrected chi connectivity index (χ2v) is 14.2. The number of carbonyl (C=O) groups excluding carboxylic acids is 1. The third kappa shape index (κ3) is 6.40. The maximum atomic E-state index is 13.5. The van der Waals surface area contributed by atoms with E-state index >= 15 is 0 Å². The van der Waals surface area contributed by atoms with Crippen molar-refractivity contribution in [3.63, 3.8) is 0 Å². The zero-order valence-corrected chi connectivity index (χ0v) is 25.2. The minimum absolute atomic E-state index is 0.0584. The lowest BCUT2D eigenvalue weighted by molar-refractivity contribution is 0.0696. The van der Waals surface area contributed by atoms with Gasteiger partial charge in [0.25, 0.3) is 5.91 Å². The van der Waals surface area contributed by atoms with Gasteiger partial charge in [-0.3, -0.25) is 4.79 Å². The molecule has 1 aromatic heterocycles. The molecule has 2 fully saturated rings. The summed E-state index contributed by atoms with van der Waals surface area (Å²) in [7, 11) is -3.77. The number of sulfonamides is 1. The predicted molar refractivity (Wildman–Crippen MR) is 160 cm³/mol. The van der Waals surface area contributed by atoms with Crippen LogP contribution in [0.4, 0.5) is 0 Å². The number of benzene rings is 2. The molecule has 0 bridgehead atoms. The van der Waals surface area contributed by atoms with Crippen LogP contribution in [-0.4, -0.2) is 43.7 Å². The van der Waals surface area contributed by atoms with E-state index in [1.165, 1.54) is 19.3 Å². The van der Waals surface area contributed by atoms with Crippen molar-refractivity contribution >= 4 is 38.3 Å². The Balaban J connectivity index is 1.60. The van der Waals surface area contributed by atoms with E-state index in [2.05, 4.69) is 14.6 Å². The van der Waals surface area contributed by atoms with Crippen LogP contribution in [0.25, 0.3) is 22.0 Å². The van der Waals surface area contributed by atoms with Crippen LogP contribution in [0.5, 0.6) is 0 Å². The fourth-order valence-electron chi connectivity index (χ4n) is 6.01. The zero-order chi connectivity index (χ0) is 28.5. The lowest BCUT2D eigenvalue weighted by atomic mass is 9.89. The van der Waals surface area contributed by atoms with Gasteiger partial charge in [-0.15, -0.1) is 0 Å². The molecule has 2 aromatic carbocycles. The van der Waals surface area contributed by atoms with Crippen LogP contribution in [0.1, 0.15) is 76.1 Å². The van der Waals surface area contributed by atoms with Crippen LogP contribution >= 0.6 is 11.6 Å². The Hall–Kier alpha value is -2.39. The van der Waals surface area contributed by atoms with Crippen LogP contribution in [0.15, 0.2) is 47.4 Å². The van der Waals surface area contributed by atoms with E-state index in [1.54, 1.807) is 6.07 Å². The Bertz CT molecular complexity index is 1480. The van der Waals surface area contributed by atoms with Crippen LogP contribution in [0.2, 0.25) is 5.15 Å². The van der Waals surface area contributed by atoms with Gasteiger partial charge in [-0.2, -0.15) is 0 Å². The molecule has 0 unspecified atom stereocenters. The fourth-order valence-corrected chi connectivity index (χ4v) is 7.94. The molecule has 1 saturated carbocycles. The van der Waals surface area contributed by atoms with Gasteiger partial charge in [-0.1, -0.05) is 61.2 Å². The fraction of sp³-hybridized carbons (Fsp3) is 0.516. The number of amides is 1. The average Bonchev–Trinajstić information content (AvgIpc) is 3.23. The first kappa shape index (κ1) is 29.1. The van der Waals surface area contributed by atoms with Crippen LogP contribution < -0.4 is 10.0 Å². The highest BCUT2D eigenvalue weighted by Gasteiger charge is 2.28. The summed E-state index contributed by atoms with van der Waals surface area (Å²) in [6.45, 7) is 7.48. The van der Waals surface area contributed by atoms with E-state index in [-0.39, 0.29) is 16.8 Å². The lowest BCUT2D eigenvalue weighted by Crippen LogP contribution is -2.40. The number of hydrogen-bond donors (Lipinski definition) is 2. The molecule has 0 spiro atoms. The van der Waals surface area contributed by atoms with Crippen molar-refractivity contribution in [1.82, 2.24) is 14.6 Å². The molecular weight excluding hydrogens is 546 g/mol. The molecule has 7 nitrogen and oxygen atoms in total. The van der Waals surface area contributed by atoms with Gasteiger partial charge in [0, 0.05) is 42.3 Å². The second-order valence-electron chi connectivity index (χ2n) is 12.2. The number of halogens is 1. The number of nitrogens with zero attached hydrogens (tertiary/aromatic N) is 1. The maximum Gasteiger partial charge on any atom is 0.254 e. The Morgan fingerprint density at radius 2 is 1.68 bits per heavy atom. The number of rotatable bonds is 7. The number of nitrogens with one attached hydrogen (secondary N) is 2. The molecule has 1 saturated heterocycles. The van der Waals surface area contributed by atoms with Gasteiger partial charge in [-0.25, -0.2) is 13.1 Å². The monoisotopic (exact) mass is 585 g/mol. The first-order valence-corrected chi connectivity index (χ1v) is 16.2. The van der Waals surface area contributed by atoms with Crippen LogP contribution in [0, 0.1) is 5.92 Å². The largest absolute Gasteiger partial charge is 0.381 e. The third-order valence-corrected chi connectivity index (χ3v) is 10.1. The molecule has 1 aliphatic carbocycles.